The zero-order chi connectivity index (χ0) is 15.2. The van der Waals surface area contributed by atoms with Gasteiger partial charge in [-0.15, -0.1) is 0 Å². The fourth-order valence-corrected chi connectivity index (χ4v) is 3.35. The van der Waals surface area contributed by atoms with Crippen LogP contribution in [0, 0.1) is 5.92 Å². The number of likely N-dealkylation sites (tertiary alicyclic amines) is 2. The van der Waals surface area contributed by atoms with E-state index in [9.17, 15) is 9.59 Å². The van der Waals surface area contributed by atoms with Crippen LogP contribution in [0.5, 0.6) is 0 Å². The topological polar surface area (TPSA) is 49.9 Å². The lowest BCUT2D eigenvalue weighted by Gasteiger charge is -2.38. The van der Waals surface area contributed by atoms with Crippen LogP contribution < -0.4 is 0 Å². The fourth-order valence-electron chi connectivity index (χ4n) is 3.35. The molecule has 0 aromatic carbocycles. The maximum atomic E-state index is 12.6. The van der Waals surface area contributed by atoms with Gasteiger partial charge in [-0.3, -0.25) is 14.5 Å². The van der Waals surface area contributed by atoms with Crippen LogP contribution in [-0.2, 0) is 14.3 Å². The van der Waals surface area contributed by atoms with Crippen LogP contribution >= 0.6 is 0 Å². The van der Waals surface area contributed by atoms with E-state index in [2.05, 4.69) is 4.90 Å². The van der Waals surface area contributed by atoms with Crippen molar-refractivity contribution in [3.63, 3.8) is 0 Å². The number of hydrogen-bond acceptors (Lipinski definition) is 4. The number of ether oxygens (including phenoxy) is 1. The van der Waals surface area contributed by atoms with E-state index in [4.69, 9.17) is 4.74 Å². The minimum Gasteiger partial charge on any atom is -0.466 e. The molecule has 2 aliphatic heterocycles. The van der Waals surface area contributed by atoms with Gasteiger partial charge in [0.25, 0.3) is 0 Å². The van der Waals surface area contributed by atoms with Gasteiger partial charge in [0.15, 0.2) is 0 Å². The van der Waals surface area contributed by atoms with Gasteiger partial charge in [0.05, 0.1) is 18.6 Å². The van der Waals surface area contributed by atoms with E-state index in [1.807, 2.05) is 18.7 Å². The molecule has 2 aliphatic rings. The van der Waals surface area contributed by atoms with Crippen LogP contribution in [-0.4, -0.2) is 60.5 Å². The number of amides is 1. The summed E-state index contributed by atoms with van der Waals surface area (Å²) in [6, 6.07) is -0.125. The van der Waals surface area contributed by atoms with Crippen molar-refractivity contribution in [2.24, 2.45) is 5.92 Å². The zero-order valence-electron chi connectivity index (χ0n) is 13.3. The predicted molar refractivity (Wildman–Crippen MR) is 80.8 cm³/mol. The van der Waals surface area contributed by atoms with E-state index in [1.54, 1.807) is 0 Å². The molecule has 2 rings (SSSR count). The van der Waals surface area contributed by atoms with Crippen LogP contribution in [0.1, 0.15) is 46.0 Å². The highest BCUT2D eigenvalue weighted by Crippen LogP contribution is 2.21. The van der Waals surface area contributed by atoms with Crippen molar-refractivity contribution in [2.75, 3.05) is 32.8 Å². The molecule has 0 spiro atoms. The monoisotopic (exact) mass is 296 g/mol. The Morgan fingerprint density at radius 1 is 1.14 bits per heavy atom. The van der Waals surface area contributed by atoms with E-state index in [0.29, 0.717) is 13.2 Å². The summed E-state index contributed by atoms with van der Waals surface area (Å²) in [6.07, 6.45) is 5.29. The maximum absolute atomic E-state index is 12.6. The quantitative estimate of drug-likeness (QED) is 0.740. The molecule has 120 valence electrons. The molecule has 0 aromatic rings. The standard InChI is InChI=1S/C16H28N2O3/c1-3-21-16(20)14-8-7-11-18(12-14)13(2)15(19)17-9-5-4-6-10-17/h13-14H,3-12H2,1-2H3/t13?,14-/m1/s1. The van der Waals surface area contributed by atoms with Crippen LogP contribution in [0.2, 0.25) is 0 Å². The Labute approximate surface area is 127 Å². The molecular weight excluding hydrogens is 268 g/mol. The van der Waals surface area contributed by atoms with Crippen molar-refractivity contribution < 1.29 is 14.3 Å². The highest BCUT2D eigenvalue weighted by molar-refractivity contribution is 5.81. The Morgan fingerprint density at radius 2 is 1.86 bits per heavy atom. The third kappa shape index (κ3) is 4.19. The Bertz CT molecular complexity index is 367. The number of carbonyl (C=O) groups excluding carboxylic acids is 2. The number of piperidine rings is 2. The lowest BCUT2D eigenvalue weighted by Crippen LogP contribution is -2.52. The molecule has 21 heavy (non-hydrogen) atoms. The highest BCUT2D eigenvalue weighted by Gasteiger charge is 2.33. The van der Waals surface area contributed by atoms with Crippen molar-refractivity contribution in [3.05, 3.63) is 0 Å². The average Bonchev–Trinajstić information content (AvgIpc) is 2.54. The summed E-state index contributed by atoms with van der Waals surface area (Å²) in [5.41, 5.74) is 0. The zero-order valence-corrected chi connectivity index (χ0v) is 13.3. The molecule has 0 aromatic heterocycles. The van der Waals surface area contributed by atoms with Gasteiger partial charge in [-0.2, -0.15) is 0 Å². The maximum Gasteiger partial charge on any atom is 0.310 e. The first-order valence-corrected chi connectivity index (χ1v) is 8.33. The summed E-state index contributed by atoms with van der Waals surface area (Å²) in [7, 11) is 0. The van der Waals surface area contributed by atoms with Crippen LogP contribution in [0.4, 0.5) is 0 Å². The second-order valence-electron chi connectivity index (χ2n) is 6.15. The molecule has 0 N–H and O–H groups in total. The average molecular weight is 296 g/mol. The fraction of sp³-hybridized carbons (Fsp3) is 0.875. The number of hydrogen-bond donors (Lipinski definition) is 0. The van der Waals surface area contributed by atoms with Crippen molar-refractivity contribution in [1.82, 2.24) is 9.80 Å². The Balaban J connectivity index is 1.90. The lowest BCUT2D eigenvalue weighted by molar-refractivity contribution is -0.151. The Morgan fingerprint density at radius 3 is 2.52 bits per heavy atom. The Kier molecular flexibility index (Phi) is 6.03. The molecule has 1 amide bonds. The Hall–Kier alpha value is -1.10. The van der Waals surface area contributed by atoms with Gasteiger partial charge in [0.1, 0.15) is 0 Å². The third-order valence-corrected chi connectivity index (χ3v) is 4.65. The van der Waals surface area contributed by atoms with E-state index >= 15 is 0 Å². The number of nitrogens with zero attached hydrogens (tertiary/aromatic N) is 2. The smallest absolute Gasteiger partial charge is 0.310 e. The predicted octanol–water partition coefficient (Wildman–Crippen LogP) is 1.66. The summed E-state index contributed by atoms with van der Waals surface area (Å²) in [5.74, 6) is 0.0364. The first kappa shape index (κ1) is 16.3. The third-order valence-electron chi connectivity index (χ3n) is 4.65. The molecule has 5 heteroatoms. The second kappa shape index (κ2) is 7.78. The van der Waals surface area contributed by atoms with Gasteiger partial charge in [-0.25, -0.2) is 0 Å². The molecule has 2 fully saturated rings. The van der Waals surface area contributed by atoms with Crippen molar-refractivity contribution in [3.8, 4) is 0 Å². The van der Waals surface area contributed by atoms with Gasteiger partial charge >= 0.3 is 5.97 Å². The molecule has 2 heterocycles. The van der Waals surface area contributed by atoms with Gasteiger partial charge in [0, 0.05) is 19.6 Å². The molecule has 2 atom stereocenters. The first-order valence-electron chi connectivity index (χ1n) is 8.33. The highest BCUT2D eigenvalue weighted by atomic mass is 16.5. The second-order valence-corrected chi connectivity index (χ2v) is 6.15. The van der Waals surface area contributed by atoms with E-state index in [-0.39, 0.29) is 23.8 Å². The van der Waals surface area contributed by atoms with E-state index in [0.717, 1.165) is 45.3 Å². The van der Waals surface area contributed by atoms with Crippen LogP contribution in [0.15, 0.2) is 0 Å². The van der Waals surface area contributed by atoms with Gasteiger partial charge in [-0.1, -0.05) is 0 Å². The van der Waals surface area contributed by atoms with E-state index in [1.165, 1.54) is 6.42 Å². The molecule has 0 saturated carbocycles. The molecule has 2 saturated heterocycles. The summed E-state index contributed by atoms with van der Waals surface area (Å²) in [5, 5.41) is 0. The summed E-state index contributed by atoms with van der Waals surface area (Å²) < 4.78 is 5.13. The van der Waals surface area contributed by atoms with Gasteiger partial charge in [0.2, 0.25) is 5.91 Å². The first-order chi connectivity index (χ1) is 10.1. The van der Waals surface area contributed by atoms with Crippen molar-refractivity contribution >= 4 is 11.9 Å². The molecule has 0 radical (unpaired) electrons. The number of carbonyl (C=O) groups is 2. The number of rotatable bonds is 4. The van der Waals surface area contributed by atoms with Gasteiger partial charge < -0.3 is 9.64 Å². The molecule has 1 unspecified atom stereocenters. The van der Waals surface area contributed by atoms with Crippen molar-refractivity contribution in [1.29, 1.82) is 0 Å². The molecular formula is C16H28N2O3. The summed E-state index contributed by atoms with van der Waals surface area (Å²) in [4.78, 5) is 28.6. The SMILES string of the molecule is CCOC(=O)[C@@H]1CCCN(C(C)C(=O)N2CCCCC2)C1. The largest absolute Gasteiger partial charge is 0.466 e. The molecule has 0 aliphatic carbocycles. The minimum atomic E-state index is -0.125. The minimum absolute atomic E-state index is 0.0738. The summed E-state index contributed by atoms with van der Waals surface area (Å²) >= 11 is 0. The lowest BCUT2D eigenvalue weighted by atomic mass is 9.96. The van der Waals surface area contributed by atoms with Crippen LogP contribution in [0.25, 0.3) is 0 Å². The number of esters is 1. The molecule has 0 bridgehead atoms. The van der Waals surface area contributed by atoms with E-state index < -0.39 is 0 Å². The normalized spacial score (nSPS) is 25.4. The van der Waals surface area contributed by atoms with Gasteiger partial charge in [-0.05, 0) is 52.5 Å². The van der Waals surface area contributed by atoms with Crippen LogP contribution in [0.3, 0.4) is 0 Å². The summed E-state index contributed by atoms with van der Waals surface area (Å²) in [6.45, 7) is 7.57. The van der Waals surface area contributed by atoms with Crippen molar-refractivity contribution in [2.45, 2.75) is 52.0 Å². The molecule has 5 nitrogen and oxygen atoms in total.